The van der Waals surface area contributed by atoms with Crippen LogP contribution >= 0.6 is 0 Å². The molecule has 206 valence electrons. The molecule has 2 aliphatic carbocycles. The molecule has 1 unspecified atom stereocenters. The minimum absolute atomic E-state index is 0.0370. The van der Waals surface area contributed by atoms with Crippen molar-refractivity contribution < 1.29 is 31.9 Å². The Balaban J connectivity index is 1.43. The van der Waals surface area contributed by atoms with E-state index in [9.17, 15) is 23.1 Å². The van der Waals surface area contributed by atoms with Crippen molar-refractivity contribution in [3.8, 4) is 0 Å². The summed E-state index contributed by atoms with van der Waals surface area (Å²) in [4.78, 5) is 25.3. The van der Waals surface area contributed by atoms with Crippen LogP contribution in [0, 0.1) is 17.6 Å². The number of benzene rings is 1. The maximum atomic E-state index is 15.6. The standard InChI is InChI=1S/C27H33F2N3O5S/c1-17-8-9-23(18-6-4-3-5-7-18)38(36,37)32(17)13-19-10-22(29)20(11-21(19)28)27(14-26(2,35)15-27)16-31-24(33)12-30-25(31)34/h3-6,10-11,17-18,23,35H,7-9,12-16H2,1-2H3,(H,30,34)/t17-,18?,23+,26-,27+/m0/s1. The minimum atomic E-state index is -3.78. The van der Waals surface area contributed by atoms with Gasteiger partial charge in [0.1, 0.15) is 11.6 Å². The lowest BCUT2D eigenvalue weighted by atomic mass is 9.56. The van der Waals surface area contributed by atoms with Gasteiger partial charge >= 0.3 is 6.03 Å². The van der Waals surface area contributed by atoms with E-state index >= 15 is 8.78 Å². The van der Waals surface area contributed by atoms with Crippen molar-refractivity contribution in [2.45, 2.75) is 74.8 Å². The molecule has 1 aromatic carbocycles. The molecular formula is C27H33F2N3O5S. The van der Waals surface area contributed by atoms with Gasteiger partial charge in [-0.05, 0) is 69.6 Å². The maximum absolute atomic E-state index is 15.6. The first-order valence-electron chi connectivity index (χ1n) is 13.0. The SMILES string of the molecule is C[C@H]1CC[C@H](C2C=CC=CC2)S(=O)(=O)N1Cc1cc(F)c([C@]2(CN3C(=O)CNC3=O)C[C@](C)(O)C2)cc1F. The lowest BCUT2D eigenvalue weighted by Gasteiger charge is -2.53. The average molecular weight is 550 g/mol. The molecule has 2 N–H and O–H groups in total. The summed E-state index contributed by atoms with van der Waals surface area (Å²) in [6.07, 6.45) is 9.36. The van der Waals surface area contributed by atoms with Crippen molar-refractivity contribution in [3.63, 3.8) is 0 Å². The molecule has 3 fully saturated rings. The van der Waals surface area contributed by atoms with Crippen LogP contribution in [0.5, 0.6) is 0 Å². The molecule has 2 aliphatic heterocycles. The first-order chi connectivity index (χ1) is 17.8. The van der Waals surface area contributed by atoms with Gasteiger partial charge in [0.05, 0.1) is 17.4 Å². The Labute approximate surface area is 221 Å². The van der Waals surface area contributed by atoms with Crippen LogP contribution in [0.3, 0.4) is 0 Å². The third-order valence-corrected chi connectivity index (χ3v) is 10.9. The maximum Gasteiger partial charge on any atom is 0.324 e. The Kier molecular flexibility index (Phi) is 6.76. The number of aliphatic hydroxyl groups is 1. The molecule has 2 saturated heterocycles. The van der Waals surface area contributed by atoms with Crippen molar-refractivity contribution in [1.82, 2.24) is 14.5 Å². The van der Waals surface area contributed by atoms with Crippen LogP contribution in [-0.2, 0) is 26.8 Å². The van der Waals surface area contributed by atoms with Crippen LogP contribution in [0.2, 0.25) is 0 Å². The van der Waals surface area contributed by atoms with Crippen LogP contribution in [-0.4, -0.2) is 64.7 Å². The van der Waals surface area contributed by atoms with Crippen LogP contribution in [0.15, 0.2) is 36.4 Å². The monoisotopic (exact) mass is 549 g/mol. The molecule has 2 heterocycles. The zero-order valence-electron chi connectivity index (χ0n) is 21.5. The second-order valence-electron chi connectivity index (χ2n) is 11.5. The van der Waals surface area contributed by atoms with Gasteiger partial charge < -0.3 is 10.4 Å². The van der Waals surface area contributed by atoms with E-state index in [1.54, 1.807) is 13.8 Å². The molecule has 8 nitrogen and oxygen atoms in total. The van der Waals surface area contributed by atoms with Gasteiger partial charge in [0, 0.05) is 30.1 Å². The van der Waals surface area contributed by atoms with Crippen molar-refractivity contribution in [3.05, 3.63) is 59.2 Å². The molecule has 0 spiro atoms. The van der Waals surface area contributed by atoms with E-state index in [1.807, 2.05) is 24.3 Å². The molecule has 0 bridgehead atoms. The number of allylic oxidation sites excluding steroid dienone is 4. The van der Waals surface area contributed by atoms with Crippen molar-refractivity contribution in [2.75, 3.05) is 13.1 Å². The lowest BCUT2D eigenvalue weighted by Crippen LogP contribution is -2.59. The highest BCUT2D eigenvalue weighted by Crippen LogP contribution is 2.52. The fraction of sp³-hybridized carbons (Fsp3) is 0.556. The Morgan fingerprint density at radius 3 is 2.47 bits per heavy atom. The summed E-state index contributed by atoms with van der Waals surface area (Å²) in [5.41, 5.74) is -2.43. The molecule has 3 amide bonds. The molecule has 5 rings (SSSR count). The van der Waals surface area contributed by atoms with Gasteiger partial charge in [-0.15, -0.1) is 0 Å². The summed E-state index contributed by atoms with van der Waals surface area (Å²) in [5.74, 6) is -2.17. The Hall–Kier alpha value is -2.63. The number of carbonyl (C=O) groups is 2. The van der Waals surface area contributed by atoms with Gasteiger partial charge in [0.25, 0.3) is 0 Å². The molecular weight excluding hydrogens is 516 g/mol. The number of amides is 3. The number of hydrogen-bond donors (Lipinski definition) is 2. The van der Waals surface area contributed by atoms with Gasteiger partial charge in [0.2, 0.25) is 15.9 Å². The number of hydrogen-bond acceptors (Lipinski definition) is 5. The van der Waals surface area contributed by atoms with Crippen molar-refractivity contribution >= 4 is 22.0 Å². The normalized spacial score (nSPS) is 34.9. The fourth-order valence-electron chi connectivity index (χ4n) is 6.67. The second kappa shape index (κ2) is 9.53. The number of carbonyl (C=O) groups excluding carboxylic acids is 2. The molecule has 1 saturated carbocycles. The topological polar surface area (TPSA) is 107 Å². The van der Waals surface area contributed by atoms with Crippen LogP contribution in [0.25, 0.3) is 0 Å². The van der Waals surface area contributed by atoms with E-state index in [1.165, 1.54) is 4.31 Å². The second-order valence-corrected chi connectivity index (χ2v) is 13.6. The first kappa shape index (κ1) is 27.0. The van der Waals surface area contributed by atoms with Crippen LogP contribution < -0.4 is 5.32 Å². The van der Waals surface area contributed by atoms with Crippen LogP contribution in [0.1, 0.15) is 57.1 Å². The van der Waals surface area contributed by atoms with Crippen molar-refractivity contribution in [2.24, 2.45) is 5.92 Å². The summed E-state index contributed by atoms with van der Waals surface area (Å²) in [6.45, 7) is 2.68. The summed E-state index contributed by atoms with van der Waals surface area (Å²) in [6, 6.07) is 1.07. The van der Waals surface area contributed by atoms with E-state index in [4.69, 9.17) is 0 Å². The molecule has 4 aliphatic rings. The highest BCUT2D eigenvalue weighted by atomic mass is 32.2. The number of halogens is 2. The van der Waals surface area contributed by atoms with Gasteiger partial charge in [0.15, 0.2) is 0 Å². The Morgan fingerprint density at radius 2 is 1.87 bits per heavy atom. The highest BCUT2D eigenvalue weighted by Gasteiger charge is 2.55. The largest absolute Gasteiger partial charge is 0.390 e. The number of nitrogens with zero attached hydrogens (tertiary/aromatic N) is 2. The Bertz CT molecular complexity index is 1300. The zero-order chi connectivity index (χ0) is 27.5. The highest BCUT2D eigenvalue weighted by molar-refractivity contribution is 7.89. The molecule has 11 heteroatoms. The Morgan fingerprint density at radius 1 is 1.13 bits per heavy atom. The molecule has 0 radical (unpaired) electrons. The smallest absolute Gasteiger partial charge is 0.324 e. The van der Waals surface area contributed by atoms with E-state index in [-0.39, 0.29) is 55.6 Å². The molecule has 0 aromatic heterocycles. The number of sulfonamides is 1. The summed E-state index contributed by atoms with van der Waals surface area (Å²) in [7, 11) is -3.78. The van der Waals surface area contributed by atoms with E-state index < -0.39 is 49.9 Å². The number of nitrogens with one attached hydrogen (secondary N) is 1. The number of urea groups is 1. The van der Waals surface area contributed by atoms with E-state index in [0.29, 0.717) is 19.3 Å². The van der Waals surface area contributed by atoms with Gasteiger partial charge in [-0.25, -0.2) is 22.0 Å². The quantitative estimate of drug-likeness (QED) is 0.531. The third kappa shape index (κ3) is 4.69. The molecule has 1 aromatic rings. The number of rotatable bonds is 6. The van der Waals surface area contributed by atoms with Gasteiger partial charge in [-0.3, -0.25) is 9.69 Å². The predicted octanol–water partition coefficient (Wildman–Crippen LogP) is 3.11. The average Bonchev–Trinajstić information content (AvgIpc) is 3.14. The summed E-state index contributed by atoms with van der Waals surface area (Å²) >= 11 is 0. The number of imide groups is 1. The van der Waals surface area contributed by atoms with Gasteiger partial charge in [-0.2, -0.15) is 4.31 Å². The van der Waals surface area contributed by atoms with Gasteiger partial charge in [-0.1, -0.05) is 24.3 Å². The molecule has 3 atom stereocenters. The summed E-state index contributed by atoms with van der Waals surface area (Å²) in [5, 5.41) is 12.3. The van der Waals surface area contributed by atoms with E-state index in [2.05, 4.69) is 5.32 Å². The van der Waals surface area contributed by atoms with Crippen LogP contribution in [0.4, 0.5) is 13.6 Å². The molecule has 38 heavy (non-hydrogen) atoms. The van der Waals surface area contributed by atoms with E-state index in [0.717, 1.165) is 17.0 Å². The zero-order valence-corrected chi connectivity index (χ0v) is 22.3. The minimum Gasteiger partial charge on any atom is -0.390 e. The predicted molar refractivity (Wildman–Crippen MR) is 136 cm³/mol. The third-order valence-electron chi connectivity index (χ3n) is 8.43. The first-order valence-corrected chi connectivity index (χ1v) is 14.5. The summed E-state index contributed by atoms with van der Waals surface area (Å²) < 4.78 is 59.6. The lowest BCUT2D eigenvalue weighted by molar-refractivity contribution is -0.129. The van der Waals surface area contributed by atoms with Crippen molar-refractivity contribution in [1.29, 1.82) is 0 Å². The fourth-order valence-corrected chi connectivity index (χ4v) is 9.03.